The molecule has 27 heavy (non-hydrogen) atoms. The molecule has 0 bridgehead atoms. The van der Waals surface area contributed by atoms with E-state index in [-0.39, 0.29) is 12.1 Å². The van der Waals surface area contributed by atoms with Crippen molar-refractivity contribution < 1.29 is 9.90 Å². The molecular weight excluding hydrogens is 340 g/mol. The van der Waals surface area contributed by atoms with Gasteiger partial charge in [0.1, 0.15) is 0 Å². The SMILES string of the molecule is O=C(NCCN1CCC(O)CC1)Nc1ccc(/C=C/c2ccccn2)cc1. The molecule has 0 spiro atoms. The second kappa shape index (κ2) is 9.85. The highest BCUT2D eigenvalue weighted by molar-refractivity contribution is 5.89. The molecule has 2 amide bonds. The van der Waals surface area contributed by atoms with E-state index in [1.54, 1.807) is 6.20 Å². The van der Waals surface area contributed by atoms with Crippen LogP contribution in [0.1, 0.15) is 24.1 Å². The van der Waals surface area contributed by atoms with Gasteiger partial charge in [-0.25, -0.2) is 4.79 Å². The Labute approximate surface area is 159 Å². The number of likely N-dealkylation sites (tertiary alicyclic amines) is 1. The van der Waals surface area contributed by atoms with Gasteiger partial charge in [0.2, 0.25) is 0 Å². The molecule has 1 aromatic carbocycles. The Morgan fingerprint density at radius 2 is 1.93 bits per heavy atom. The van der Waals surface area contributed by atoms with Gasteiger partial charge in [0.25, 0.3) is 0 Å². The average Bonchev–Trinajstić information content (AvgIpc) is 2.70. The first-order valence-corrected chi connectivity index (χ1v) is 9.33. The van der Waals surface area contributed by atoms with Gasteiger partial charge in [-0.2, -0.15) is 0 Å². The third kappa shape index (κ3) is 6.51. The van der Waals surface area contributed by atoms with Crippen molar-refractivity contribution in [3.05, 3.63) is 59.9 Å². The lowest BCUT2D eigenvalue weighted by molar-refractivity contribution is 0.0833. The zero-order valence-electron chi connectivity index (χ0n) is 15.3. The summed E-state index contributed by atoms with van der Waals surface area (Å²) in [6.07, 6.45) is 7.16. The zero-order valence-corrected chi connectivity index (χ0v) is 15.3. The number of benzene rings is 1. The van der Waals surface area contributed by atoms with Crippen LogP contribution in [-0.4, -0.2) is 53.3 Å². The van der Waals surface area contributed by atoms with E-state index in [1.165, 1.54) is 0 Å². The second-order valence-electron chi connectivity index (χ2n) is 6.66. The molecule has 0 radical (unpaired) electrons. The summed E-state index contributed by atoms with van der Waals surface area (Å²) in [5.41, 5.74) is 2.70. The number of aliphatic hydroxyl groups is 1. The summed E-state index contributed by atoms with van der Waals surface area (Å²) in [5, 5.41) is 15.2. The van der Waals surface area contributed by atoms with Crippen molar-refractivity contribution in [2.75, 3.05) is 31.5 Å². The molecule has 2 heterocycles. The maximum absolute atomic E-state index is 12.0. The first-order valence-electron chi connectivity index (χ1n) is 9.33. The minimum absolute atomic E-state index is 0.167. The van der Waals surface area contributed by atoms with E-state index in [9.17, 15) is 9.90 Å². The van der Waals surface area contributed by atoms with Gasteiger partial charge in [-0.05, 0) is 48.7 Å². The van der Waals surface area contributed by atoms with E-state index in [2.05, 4.69) is 20.5 Å². The molecule has 3 rings (SSSR count). The molecule has 3 N–H and O–H groups in total. The lowest BCUT2D eigenvalue weighted by atomic mass is 10.1. The number of carbonyl (C=O) groups is 1. The summed E-state index contributed by atoms with van der Waals surface area (Å²) >= 11 is 0. The molecule has 6 nitrogen and oxygen atoms in total. The summed E-state index contributed by atoms with van der Waals surface area (Å²) in [5.74, 6) is 0. The minimum Gasteiger partial charge on any atom is -0.393 e. The van der Waals surface area contributed by atoms with Gasteiger partial charge in [-0.1, -0.05) is 24.3 Å². The van der Waals surface area contributed by atoms with E-state index in [4.69, 9.17) is 0 Å². The highest BCUT2D eigenvalue weighted by Gasteiger charge is 2.16. The lowest BCUT2D eigenvalue weighted by Crippen LogP contribution is -2.41. The molecule has 142 valence electrons. The third-order valence-corrected chi connectivity index (χ3v) is 4.57. The fraction of sp³-hybridized carbons (Fsp3) is 0.333. The van der Waals surface area contributed by atoms with E-state index in [1.807, 2.05) is 54.6 Å². The maximum Gasteiger partial charge on any atom is 0.319 e. The smallest absolute Gasteiger partial charge is 0.319 e. The number of hydrogen-bond acceptors (Lipinski definition) is 4. The minimum atomic E-state index is -0.205. The number of nitrogens with one attached hydrogen (secondary N) is 2. The van der Waals surface area contributed by atoms with Crippen LogP contribution in [0.5, 0.6) is 0 Å². The molecule has 0 unspecified atom stereocenters. The number of aromatic nitrogens is 1. The molecule has 1 saturated heterocycles. The van der Waals surface area contributed by atoms with Gasteiger partial charge in [0.05, 0.1) is 11.8 Å². The summed E-state index contributed by atoms with van der Waals surface area (Å²) < 4.78 is 0. The van der Waals surface area contributed by atoms with Gasteiger partial charge in [0, 0.05) is 38.1 Å². The van der Waals surface area contributed by atoms with Crippen LogP contribution in [0.2, 0.25) is 0 Å². The Balaban J connectivity index is 1.40. The molecule has 6 heteroatoms. The van der Waals surface area contributed by atoms with Crippen LogP contribution in [0.15, 0.2) is 48.7 Å². The standard InChI is InChI=1S/C21H26N4O2/c26-20-10-14-25(15-11-20)16-13-23-21(27)24-19-8-5-17(6-9-19)4-7-18-3-1-2-12-22-18/h1-9,12,20,26H,10-11,13-16H2,(H2,23,24,27)/b7-4+. The molecule has 1 fully saturated rings. The van der Waals surface area contributed by atoms with Crippen molar-refractivity contribution in [3.63, 3.8) is 0 Å². The fourth-order valence-corrected chi connectivity index (χ4v) is 2.98. The van der Waals surface area contributed by atoms with Crippen LogP contribution in [0.25, 0.3) is 12.2 Å². The number of aliphatic hydroxyl groups excluding tert-OH is 1. The number of hydrogen-bond donors (Lipinski definition) is 3. The number of amides is 2. The van der Waals surface area contributed by atoms with Gasteiger partial charge < -0.3 is 20.6 Å². The van der Waals surface area contributed by atoms with Crippen molar-refractivity contribution in [2.24, 2.45) is 0 Å². The molecule has 0 saturated carbocycles. The summed E-state index contributed by atoms with van der Waals surface area (Å²) in [4.78, 5) is 18.5. The monoisotopic (exact) mass is 366 g/mol. The van der Waals surface area contributed by atoms with E-state index in [0.29, 0.717) is 6.54 Å². The average molecular weight is 366 g/mol. The van der Waals surface area contributed by atoms with Gasteiger partial charge in [-0.3, -0.25) is 4.98 Å². The van der Waals surface area contributed by atoms with Crippen molar-refractivity contribution in [3.8, 4) is 0 Å². The Bertz CT molecular complexity index is 739. The van der Waals surface area contributed by atoms with Crippen LogP contribution in [-0.2, 0) is 0 Å². The number of anilines is 1. The highest BCUT2D eigenvalue weighted by atomic mass is 16.3. The number of piperidine rings is 1. The number of rotatable bonds is 6. The van der Waals surface area contributed by atoms with Crippen molar-refractivity contribution >= 4 is 23.9 Å². The Kier molecular flexibility index (Phi) is 6.96. The summed E-state index contributed by atoms with van der Waals surface area (Å²) in [6.45, 7) is 3.17. The molecule has 1 aliphatic rings. The predicted octanol–water partition coefficient (Wildman–Crippen LogP) is 2.83. The Hall–Kier alpha value is -2.70. The maximum atomic E-state index is 12.0. The normalized spacial score (nSPS) is 15.7. The van der Waals surface area contributed by atoms with Crippen molar-refractivity contribution in [2.45, 2.75) is 18.9 Å². The molecule has 0 aliphatic carbocycles. The second-order valence-corrected chi connectivity index (χ2v) is 6.66. The largest absolute Gasteiger partial charge is 0.393 e. The number of carbonyl (C=O) groups excluding carboxylic acids is 1. The van der Waals surface area contributed by atoms with Crippen LogP contribution in [0.4, 0.5) is 10.5 Å². The van der Waals surface area contributed by atoms with Crippen molar-refractivity contribution in [1.29, 1.82) is 0 Å². The summed E-state index contributed by atoms with van der Waals surface area (Å²) in [6, 6.07) is 13.2. The van der Waals surface area contributed by atoms with Crippen LogP contribution in [0, 0.1) is 0 Å². The molecular formula is C21H26N4O2. The van der Waals surface area contributed by atoms with Gasteiger partial charge >= 0.3 is 6.03 Å². The van der Waals surface area contributed by atoms with Gasteiger partial charge in [0.15, 0.2) is 0 Å². The quantitative estimate of drug-likeness (QED) is 0.735. The topological polar surface area (TPSA) is 77.5 Å². The predicted molar refractivity (Wildman–Crippen MR) is 108 cm³/mol. The van der Waals surface area contributed by atoms with Crippen LogP contribution in [0.3, 0.4) is 0 Å². The Morgan fingerprint density at radius 1 is 1.15 bits per heavy atom. The number of pyridine rings is 1. The zero-order chi connectivity index (χ0) is 18.9. The van der Waals surface area contributed by atoms with E-state index < -0.39 is 0 Å². The Morgan fingerprint density at radius 3 is 2.63 bits per heavy atom. The van der Waals surface area contributed by atoms with Crippen molar-refractivity contribution in [1.82, 2.24) is 15.2 Å². The molecule has 1 aromatic heterocycles. The third-order valence-electron chi connectivity index (χ3n) is 4.57. The number of nitrogens with zero attached hydrogens (tertiary/aromatic N) is 2. The van der Waals surface area contributed by atoms with Crippen LogP contribution < -0.4 is 10.6 Å². The van der Waals surface area contributed by atoms with Gasteiger partial charge in [-0.15, -0.1) is 0 Å². The van der Waals surface area contributed by atoms with Crippen LogP contribution >= 0.6 is 0 Å². The number of urea groups is 1. The summed E-state index contributed by atoms with van der Waals surface area (Å²) in [7, 11) is 0. The lowest BCUT2D eigenvalue weighted by Gasteiger charge is -2.29. The molecule has 2 aromatic rings. The van der Waals surface area contributed by atoms with E-state index >= 15 is 0 Å². The molecule has 1 aliphatic heterocycles. The fourth-order valence-electron chi connectivity index (χ4n) is 2.98. The van der Waals surface area contributed by atoms with E-state index in [0.717, 1.165) is 49.4 Å². The highest BCUT2D eigenvalue weighted by Crippen LogP contribution is 2.12. The first kappa shape index (κ1) is 19.1. The first-order chi connectivity index (χ1) is 13.2. The molecule has 0 atom stereocenters.